The third-order valence-electron chi connectivity index (χ3n) is 4.47. The van der Waals surface area contributed by atoms with Gasteiger partial charge in [-0.1, -0.05) is 59.8 Å². The molecular weight excluding hydrogens is 435 g/mol. The number of halogens is 1. The maximum absolute atomic E-state index is 13.8. The molecule has 3 N–H and O–H groups in total. The molecule has 0 aliphatic carbocycles. The lowest BCUT2D eigenvalue weighted by Crippen LogP contribution is -2.17. The number of carbonyl (C=O) groups excluding carboxylic acids is 1. The monoisotopic (exact) mass is 454 g/mol. The van der Waals surface area contributed by atoms with E-state index in [4.69, 9.17) is 5.84 Å². The van der Waals surface area contributed by atoms with Gasteiger partial charge < -0.3 is 11.2 Å². The molecule has 4 aromatic rings. The summed E-state index contributed by atoms with van der Waals surface area (Å²) in [6.45, 7) is 2.03. The summed E-state index contributed by atoms with van der Waals surface area (Å²) in [7, 11) is 0. The van der Waals surface area contributed by atoms with E-state index in [0.717, 1.165) is 23.0 Å². The van der Waals surface area contributed by atoms with Gasteiger partial charge in [-0.25, -0.2) is 14.1 Å². The second-order valence-corrected chi connectivity index (χ2v) is 8.58. The zero-order valence-corrected chi connectivity index (χ0v) is 18.2. The molecule has 0 aliphatic rings. The summed E-state index contributed by atoms with van der Waals surface area (Å²) >= 11 is 2.51. The lowest BCUT2D eigenvalue weighted by Gasteiger charge is -2.05. The van der Waals surface area contributed by atoms with Gasteiger partial charge in [-0.3, -0.25) is 4.79 Å². The quantitative estimate of drug-likeness (QED) is 0.325. The molecule has 0 saturated carbocycles. The van der Waals surface area contributed by atoms with E-state index in [1.54, 1.807) is 18.2 Å². The number of carbonyl (C=O) groups is 1. The fourth-order valence-electron chi connectivity index (χ4n) is 2.81. The smallest absolute Gasteiger partial charge is 0.236 e. The summed E-state index contributed by atoms with van der Waals surface area (Å²) in [5.41, 5.74) is 3.46. The Bertz CT molecular complexity index is 1200. The average molecular weight is 455 g/mol. The van der Waals surface area contributed by atoms with Gasteiger partial charge in [0.15, 0.2) is 11.0 Å². The summed E-state index contributed by atoms with van der Waals surface area (Å²) in [5, 5.41) is 13.6. The second-order valence-electron chi connectivity index (χ2n) is 6.78. The molecule has 158 valence electrons. The van der Waals surface area contributed by atoms with E-state index in [9.17, 15) is 9.18 Å². The standard InChI is InChI=1S/C21H19FN6OS2/c1-13-6-8-14(9-7-13)17-11-30-20(24-17)25-19(29)12-31-21-27-26-18(28(21)23)10-15-4-2-3-5-16(15)22/h2-9,11H,10,12,23H2,1H3,(H,24,25,29). The molecule has 0 unspecified atom stereocenters. The van der Waals surface area contributed by atoms with Crippen LogP contribution in [0.15, 0.2) is 59.1 Å². The molecule has 0 aliphatic heterocycles. The highest BCUT2D eigenvalue weighted by Gasteiger charge is 2.15. The van der Waals surface area contributed by atoms with E-state index in [2.05, 4.69) is 20.5 Å². The first-order valence-corrected chi connectivity index (χ1v) is 11.2. The fourth-order valence-corrected chi connectivity index (χ4v) is 4.22. The Kier molecular flexibility index (Phi) is 6.28. The number of nitrogens with zero attached hydrogens (tertiary/aromatic N) is 4. The minimum Gasteiger partial charge on any atom is -0.336 e. The highest BCUT2D eigenvalue weighted by atomic mass is 32.2. The highest BCUT2D eigenvalue weighted by molar-refractivity contribution is 7.99. The number of benzene rings is 2. The number of hydrogen-bond donors (Lipinski definition) is 2. The summed E-state index contributed by atoms with van der Waals surface area (Å²) < 4.78 is 15.1. The summed E-state index contributed by atoms with van der Waals surface area (Å²) in [5.74, 6) is 5.97. The average Bonchev–Trinajstić information content (AvgIpc) is 3.36. The first-order valence-electron chi connectivity index (χ1n) is 9.37. The Labute approximate surface area is 186 Å². The minimum absolute atomic E-state index is 0.0917. The zero-order valence-electron chi connectivity index (χ0n) is 16.6. The Morgan fingerprint density at radius 1 is 1.19 bits per heavy atom. The molecule has 10 heteroatoms. The molecule has 4 rings (SSSR count). The first-order chi connectivity index (χ1) is 15.0. The predicted octanol–water partition coefficient (Wildman–Crippen LogP) is 3.88. The second kappa shape index (κ2) is 9.27. The molecule has 2 aromatic heterocycles. The zero-order chi connectivity index (χ0) is 21.8. The van der Waals surface area contributed by atoms with Crippen LogP contribution in [-0.2, 0) is 11.2 Å². The normalized spacial score (nSPS) is 10.9. The van der Waals surface area contributed by atoms with Crippen molar-refractivity contribution in [3.63, 3.8) is 0 Å². The van der Waals surface area contributed by atoms with Gasteiger partial charge in [0.05, 0.1) is 11.4 Å². The molecule has 31 heavy (non-hydrogen) atoms. The van der Waals surface area contributed by atoms with Crippen LogP contribution in [0.5, 0.6) is 0 Å². The summed E-state index contributed by atoms with van der Waals surface area (Å²) in [6, 6.07) is 14.5. The van der Waals surface area contributed by atoms with Crippen LogP contribution in [0.4, 0.5) is 9.52 Å². The van der Waals surface area contributed by atoms with E-state index in [0.29, 0.717) is 21.7 Å². The van der Waals surface area contributed by atoms with Gasteiger partial charge in [0.2, 0.25) is 11.1 Å². The number of anilines is 1. The van der Waals surface area contributed by atoms with Crippen LogP contribution in [0.25, 0.3) is 11.3 Å². The van der Waals surface area contributed by atoms with Gasteiger partial charge in [-0.2, -0.15) is 0 Å². The maximum Gasteiger partial charge on any atom is 0.236 e. The highest BCUT2D eigenvalue weighted by Crippen LogP contribution is 2.25. The van der Waals surface area contributed by atoms with Gasteiger partial charge in [0, 0.05) is 17.4 Å². The van der Waals surface area contributed by atoms with Gasteiger partial charge >= 0.3 is 0 Å². The number of rotatable bonds is 7. The Hall–Kier alpha value is -3.24. The van der Waals surface area contributed by atoms with Crippen molar-refractivity contribution < 1.29 is 9.18 Å². The third-order valence-corrected chi connectivity index (χ3v) is 6.17. The molecule has 1 amide bonds. The van der Waals surface area contributed by atoms with Gasteiger partial charge in [-0.15, -0.1) is 21.5 Å². The Balaban J connectivity index is 1.34. The van der Waals surface area contributed by atoms with Gasteiger partial charge in [-0.05, 0) is 18.6 Å². The number of thiazole rings is 1. The topological polar surface area (TPSA) is 98.7 Å². The molecular formula is C21H19FN6OS2. The molecule has 7 nitrogen and oxygen atoms in total. The van der Waals surface area contributed by atoms with Crippen molar-refractivity contribution >= 4 is 34.1 Å². The molecule has 2 aromatic carbocycles. The van der Waals surface area contributed by atoms with Gasteiger partial charge in [0.25, 0.3) is 0 Å². The predicted molar refractivity (Wildman–Crippen MR) is 121 cm³/mol. The molecule has 0 spiro atoms. The van der Waals surface area contributed by atoms with Crippen LogP contribution < -0.4 is 11.2 Å². The number of nitrogens with one attached hydrogen (secondary N) is 1. The third kappa shape index (κ3) is 5.09. The van der Waals surface area contributed by atoms with E-state index in [1.807, 2.05) is 36.6 Å². The number of amides is 1. The van der Waals surface area contributed by atoms with Crippen LogP contribution in [-0.4, -0.2) is 31.5 Å². The van der Waals surface area contributed by atoms with Crippen LogP contribution in [0, 0.1) is 12.7 Å². The number of nitrogens with two attached hydrogens (primary N) is 1. The van der Waals surface area contributed by atoms with E-state index >= 15 is 0 Å². The molecule has 0 atom stereocenters. The van der Waals surface area contributed by atoms with E-state index in [-0.39, 0.29) is 23.9 Å². The Morgan fingerprint density at radius 3 is 2.74 bits per heavy atom. The van der Waals surface area contributed by atoms with Crippen molar-refractivity contribution in [3.05, 3.63) is 76.7 Å². The molecule has 0 saturated heterocycles. The SMILES string of the molecule is Cc1ccc(-c2csc(NC(=O)CSc3nnc(Cc4ccccc4F)n3N)n2)cc1. The molecule has 0 radical (unpaired) electrons. The maximum atomic E-state index is 13.8. The van der Waals surface area contributed by atoms with Crippen molar-refractivity contribution in [3.8, 4) is 11.3 Å². The van der Waals surface area contributed by atoms with Gasteiger partial charge in [0.1, 0.15) is 5.82 Å². The largest absolute Gasteiger partial charge is 0.336 e. The number of aryl methyl sites for hydroxylation is 1. The Morgan fingerprint density at radius 2 is 1.97 bits per heavy atom. The number of aromatic nitrogens is 4. The lowest BCUT2D eigenvalue weighted by atomic mass is 10.1. The van der Waals surface area contributed by atoms with E-state index in [1.165, 1.54) is 27.6 Å². The summed E-state index contributed by atoms with van der Waals surface area (Å²) in [4.78, 5) is 16.8. The number of thioether (sulfide) groups is 1. The molecule has 2 heterocycles. The molecule has 0 bridgehead atoms. The van der Waals surface area contributed by atoms with Crippen molar-refractivity contribution in [2.75, 3.05) is 16.9 Å². The van der Waals surface area contributed by atoms with E-state index < -0.39 is 0 Å². The van der Waals surface area contributed by atoms with Crippen molar-refractivity contribution in [2.45, 2.75) is 18.5 Å². The lowest BCUT2D eigenvalue weighted by molar-refractivity contribution is -0.113. The minimum atomic E-state index is -0.326. The van der Waals surface area contributed by atoms with Crippen LogP contribution >= 0.6 is 23.1 Å². The van der Waals surface area contributed by atoms with Crippen LogP contribution in [0.1, 0.15) is 17.0 Å². The number of hydrogen-bond acceptors (Lipinski definition) is 7. The first kappa shape index (κ1) is 21.0. The number of nitrogen functional groups attached to an aromatic ring is 1. The van der Waals surface area contributed by atoms with Crippen molar-refractivity contribution in [1.29, 1.82) is 0 Å². The van der Waals surface area contributed by atoms with Crippen molar-refractivity contribution in [2.24, 2.45) is 0 Å². The fraction of sp³-hybridized carbons (Fsp3) is 0.143. The van der Waals surface area contributed by atoms with Crippen LogP contribution in [0.3, 0.4) is 0 Å². The van der Waals surface area contributed by atoms with Crippen LogP contribution in [0.2, 0.25) is 0 Å². The summed E-state index contributed by atoms with van der Waals surface area (Å²) in [6.07, 6.45) is 0.212. The van der Waals surface area contributed by atoms with Crippen molar-refractivity contribution in [1.82, 2.24) is 19.9 Å². The molecule has 0 fully saturated rings.